The van der Waals surface area contributed by atoms with E-state index in [0.29, 0.717) is 36.9 Å². The molecule has 9 nitrogen and oxygen atoms in total. The number of hydrogen-bond donors (Lipinski definition) is 1. The van der Waals surface area contributed by atoms with Gasteiger partial charge in [-0.2, -0.15) is 4.52 Å². The second kappa shape index (κ2) is 7.67. The van der Waals surface area contributed by atoms with Gasteiger partial charge >= 0.3 is 0 Å². The highest BCUT2D eigenvalue weighted by Crippen LogP contribution is 2.15. The van der Waals surface area contributed by atoms with Gasteiger partial charge in [0.1, 0.15) is 11.6 Å². The Labute approximate surface area is 156 Å². The topological polar surface area (TPSA) is 97.5 Å². The van der Waals surface area contributed by atoms with Crippen molar-refractivity contribution < 1.29 is 9.53 Å². The standard InChI is InChI=1S/C18H21N7O2/c1-13-3-2-8-19-18(13)20-17(26)7-6-15-22-21-14-4-5-16(23-25(14)15)24-9-11-27-12-10-24/h2-5,8H,6-7,9-12H2,1H3,(H,19,20,26). The summed E-state index contributed by atoms with van der Waals surface area (Å²) in [6.45, 7) is 4.92. The lowest BCUT2D eigenvalue weighted by Crippen LogP contribution is -2.37. The van der Waals surface area contributed by atoms with Gasteiger partial charge in [-0.1, -0.05) is 6.07 Å². The van der Waals surface area contributed by atoms with Crippen molar-refractivity contribution in [2.75, 3.05) is 36.5 Å². The average molecular weight is 367 g/mol. The number of fused-ring (bicyclic) bond motifs is 1. The van der Waals surface area contributed by atoms with E-state index in [9.17, 15) is 4.79 Å². The molecule has 0 radical (unpaired) electrons. The fourth-order valence-electron chi connectivity index (χ4n) is 2.98. The summed E-state index contributed by atoms with van der Waals surface area (Å²) < 4.78 is 7.10. The van der Waals surface area contributed by atoms with Crippen LogP contribution in [0.1, 0.15) is 17.8 Å². The quantitative estimate of drug-likeness (QED) is 0.724. The zero-order valence-electron chi connectivity index (χ0n) is 15.1. The van der Waals surface area contributed by atoms with Crippen molar-refractivity contribution in [3.8, 4) is 0 Å². The van der Waals surface area contributed by atoms with Crippen molar-refractivity contribution in [2.45, 2.75) is 19.8 Å². The van der Waals surface area contributed by atoms with Crippen molar-refractivity contribution in [3.63, 3.8) is 0 Å². The molecule has 0 aliphatic carbocycles. The van der Waals surface area contributed by atoms with Crippen LogP contribution < -0.4 is 10.2 Å². The molecule has 140 valence electrons. The number of ether oxygens (including phenoxy) is 1. The molecule has 9 heteroatoms. The van der Waals surface area contributed by atoms with Crippen LogP contribution in [-0.2, 0) is 16.0 Å². The SMILES string of the molecule is Cc1cccnc1NC(=O)CCc1nnc2ccc(N3CCOCC3)nn12. The van der Waals surface area contributed by atoms with E-state index in [1.807, 2.05) is 31.2 Å². The van der Waals surface area contributed by atoms with Gasteiger partial charge in [-0.25, -0.2) is 4.98 Å². The molecule has 1 amide bonds. The van der Waals surface area contributed by atoms with Crippen molar-refractivity contribution in [3.05, 3.63) is 41.9 Å². The van der Waals surface area contributed by atoms with Crippen LogP contribution in [0.5, 0.6) is 0 Å². The van der Waals surface area contributed by atoms with E-state index in [1.165, 1.54) is 0 Å². The third-order valence-corrected chi connectivity index (χ3v) is 4.49. The molecule has 0 unspecified atom stereocenters. The molecule has 0 atom stereocenters. The van der Waals surface area contributed by atoms with E-state index >= 15 is 0 Å². The fraction of sp³-hybridized carbons (Fsp3) is 0.389. The number of anilines is 2. The molecular weight excluding hydrogens is 346 g/mol. The van der Waals surface area contributed by atoms with Crippen LogP contribution >= 0.6 is 0 Å². The van der Waals surface area contributed by atoms with Crippen LogP contribution in [-0.4, -0.2) is 57.0 Å². The van der Waals surface area contributed by atoms with Gasteiger partial charge in [0, 0.05) is 32.1 Å². The van der Waals surface area contributed by atoms with E-state index in [1.54, 1.807) is 10.7 Å². The second-order valence-electron chi connectivity index (χ2n) is 6.39. The van der Waals surface area contributed by atoms with Gasteiger partial charge in [0.2, 0.25) is 5.91 Å². The van der Waals surface area contributed by atoms with Crippen LogP contribution in [0, 0.1) is 6.92 Å². The van der Waals surface area contributed by atoms with Gasteiger partial charge in [-0.3, -0.25) is 4.79 Å². The summed E-state index contributed by atoms with van der Waals surface area (Å²) in [6.07, 6.45) is 2.38. The van der Waals surface area contributed by atoms with Gasteiger partial charge in [0.25, 0.3) is 0 Å². The number of pyridine rings is 1. The van der Waals surface area contributed by atoms with E-state index in [2.05, 4.69) is 30.5 Å². The van der Waals surface area contributed by atoms with Crippen LogP contribution in [0.3, 0.4) is 0 Å². The smallest absolute Gasteiger partial charge is 0.225 e. The van der Waals surface area contributed by atoms with Crippen molar-refractivity contribution in [1.82, 2.24) is 24.8 Å². The highest BCUT2D eigenvalue weighted by atomic mass is 16.5. The Morgan fingerprint density at radius 1 is 1.22 bits per heavy atom. The highest BCUT2D eigenvalue weighted by Gasteiger charge is 2.15. The molecule has 3 aromatic heterocycles. The molecule has 1 N–H and O–H groups in total. The number of carbonyl (C=O) groups is 1. The highest BCUT2D eigenvalue weighted by molar-refractivity contribution is 5.90. The normalized spacial score (nSPS) is 14.5. The van der Waals surface area contributed by atoms with Crippen LogP contribution in [0.25, 0.3) is 5.65 Å². The first kappa shape index (κ1) is 17.3. The Hall–Kier alpha value is -3.07. The molecule has 1 fully saturated rings. The average Bonchev–Trinajstić information content (AvgIpc) is 3.11. The summed E-state index contributed by atoms with van der Waals surface area (Å²) >= 11 is 0. The molecule has 3 aromatic rings. The number of nitrogens with zero attached hydrogens (tertiary/aromatic N) is 6. The van der Waals surface area contributed by atoms with Gasteiger partial charge in [-0.05, 0) is 30.7 Å². The summed E-state index contributed by atoms with van der Waals surface area (Å²) in [7, 11) is 0. The molecule has 0 spiro atoms. The Morgan fingerprint density at radius 3 is 2.89 bits per heavy atom. The van der Waals surface area contributed by atoms with Crippen LogP contribution in [0.4, 0.5) is 11.6 Å². The molecule has 27 heavy (non-hydrogen) atoms. The first-order chi connectivity index (χ1) is 13.2. The largest absolute Gasteiger partial charge is 0.378 e. The monoisotopic (exact) mass is 367 g/mol. The zero-order valence-corrected chi connectivity index (χ0v) is 15.1. The molecule has 4 rings (SSSR count). The molecule has 0 saturated carbocycles. The van der Waals surface area contributed by atoms with Gasteiger partial charge in [0.05, 0.1) is 13.2 Å². The second-order valence-corrected chi connectivity index (χ2v) is 6.39. The van der Waals surface area contributed by atoms with E-state index in [4.69, 9.17) is 4.74 Å². The number of nitrogens with one attached hydrogen (secondary N) is 1. The molecule has 4 heterocycles. The van der Waals surface area contributed by atoms with E-state index < -0.39 is 0 Å². The third kappa shape index (κ3) is 3.87. The number of hydrogen-bond acceptors (Lipinski definition) is 7. The minimum atomic E-state index is -0.113. The first-order valence-corrected chi connectivity index (χ1v) is 8.96. The molecule has 1 saturated heterocycles. The summed E-state index contributed by atoms with van der Waals surface area (Å²) in [6, 6.07) is 7.58. The summed E-state index contributed by atoms with van der Waals surface area (Å²) in [5, 5.41) is 15.8. The Bertz CT molecular complexity index is 950. The lowest BCUT2D eigenvalue weighted by molar-refractivity contribution is -0.116. The predicted octanol–water partition coefficient (Wildman–Crippen LogP) is 1.24. The number of aromatic nitrogens is 5. The van der Waals surface area contributed by atoms with Crippen molar-refractivity contribution >= 4 is 23.2 Å². The Balaban J connectivity index is 1.45. The number of morpholine rings is 1. The number of rotatable bonds is 5. The minimum absolute atomic E-state index is 0.113. The maximum Gasteiger partial charge on any atom is 0.225 e. The van der Waals surface area contributed by atoms with Gasteiger partial charge < -0.3 is 15.0 Å². The Kier molecular flexibility index (Phi) is 4.93. The maximum atomic E-state index is 12.3. The molecule has 1 aliphatic rings. The molecule has 0 bridgehead atoms. The molecular formula is C18H21N7O2. The van der Waals surface area contributed by atoms with E-state index in [0.717, 1.165) is 24.5 Å². The fourth-order valence-corrected chi connectivity index (χ4v) is 2.98. The maximum absolute atomic E-state index is 12.3. The van der Waals surface area contributed by atoms with Crippen molar-refractivity contribution in [2.24, 2.45) is 0 Å². The lowest BCUT2D eigenvalue weighted by atomic mass is 10.2. The third-order valence-electron chi connectivity index (χ3n) is 4.49. The molecule has 1 aliphatic heterocycles. The summed E-state index contributed by atoms with van der Waals surface area (Å²) in [5.41, 5.74) is 1.60. The van der Waals surface area contributed by atoms with Crippen LogP contribution in [0.15, 0.2) is 30.5 Å². The lowest BCUT2D eigenvalue weighted by Gasteiger charge is -2.27. The van der Waals surface area contributed by atoms with Crippen LogP contribution in [0.2, 0.25) is 0 Å². The zero-order chi connectivity index (χ0) is 18.6. The first-order valence-electron chi connectivity index (χ1n) is 8.96. The van der Waals surface area contributed by atoms with E-state index in [-0.39, 0.29) is 12.3 Å². The Morgan fingerprint density at radius 2 is 2.07 bits per heavy atom. The molecule has 0 aromatic carbocycles. The predicted molar refractivity (Wildman–Crippen MR) is 99.7 cm³/mol. The number of carbonyl (C=O) groups excluding carboxylic acids is 1. The summed E-state index contributed by atoms with van der Waals surface area (Å²) in [5.74, 6) is 1.99. The minimum Gasteiger partial charge on any atom is -0.378 e. The van der Waals surface area contributed by atoms with Gasteiger partial charge in [-0.15, -0.1) is 15.3 Å². The van der Waals surface area contributed by atoms with Gasteiger partial charge in [0.15, 0.2) is 11.5 Å². The summed E-state index contributed by atoms with van der Waals surface area (Å²) in [4.78, 5) is 18.6. The van der Waals surface area contributed by atoms with Crippen molar-refractivity contribution in [1.29, 1.82) is 0 Å². The number of aryl methyl sites for hydroxylation is 2. The number of amides is 1.